The van der Waals surface area contributed by atoms with Crippen LogP contribution in [0.4, 0.5) is 0 Å². The van der Waals surface area contributed by atoms with Crippen LogP contribution < -0.4 is 0 Å². The first-order valence-electron chi connectivity index (χ1n) is 5.76. The summed E-state index contributed by atoms with van der Waals surface area (Å²) in [5.41, 5.74) is 0. The number of rotatable bonds is 3. The average Bonchev–Trinajstić information content (AvgIpc) is 2.18. The van der Waals surface area contributed by atoms with Crippen molar-refractivity contribution in [3.8, 4) is 6.07 Å². The molecule has 2 heteroatoms. The summed E-state index contributed by atoms with van der Waals surface area (Å²) in [6.07, 6.45) is 3.30. The van der Waals surface area contributed by atoms with E-state index < -0.39 is 0 Å². The molecule has 0 aromatic rings. The summed E-state index contributed by atoms with van der Waals surface area (Å²) in [6, 6.07) is 2.71. The lowest BCUT2D eigenvalue weighted by Gasteiger charge is -2.36. The van der Waals surface area contributed by atoms with E-state index in [0.29, 0.717) is 12.5 Å². The van der Waals surface area contributed by atoms with Crippen molar-refractivity contribution in [3.05, 3.63) is 0 Å². The van der Waals surface area contributed by atoms with E-state index in [-0.39, 0.29) is 0 Å². The Bertz CT molecular complexity index is 197. The molecule has 1 rings (SSSR count). The maximum atomic E-state index is 8.63. The Hall–Kier alpha value is -0.550. The lowest BCUT2D eigenvalue weighted by molar-refractivity contribution is 0.123. The third-order valence-corrected chi connectivity index (χ3v) is 3.53. The molecule has 0 radical (unpaired) electrons. The molecule has 0 spiro atoms. The molecule has 0 N–H and O–H groups in total. The second kappa shape index (κ2) is 5.36. The molecule has 14 heavy (non-hydrogen) atoms. The third-order valence-electron chi connectivity index (χ3n) is 3.53. The Kier molecular flexibility index (Phi) is 4.41. The predicted octanol–water partition coefficient (Wildman–Crippen LogP) is 2.66. The fraction of sp³-hybridized carbons (Fsp3) is 0.917. The Morgan fingerprint density at radius 2 is 1.86 bits per heavy atom. The monoisotopic (exact) mass is 194 g/mol. The Labute approximate surface area is 87.9 Å². The van der Waals surface area contributed by atoms with Crippen LogP contribution in [-0.4, -0.2) is 24.0 Å². The summed E-state index contributed by atoms with van der Waals surface area (Å²) in [4.78, 5) is 2.46. The minimum atomic E-state index is 0.452. The van der Waals surface area contributed by atoms with Crippen molar-refractivity contribution < 1.29 is 0 Å². The number of nitriles is 1. The van der Waals surface area contributed by atoms with Gasteiger partial charge in [-0.3, -0.25) is 4.90 Å². The van der Waals surface area contributed by atoms with Gasteiger partial charge in [-0.1, -0.05) is 13.8 Å². The molecule has 1 unspecified atom stereocenters. The van der Waals surface area contributed by atoms with Gasteiger partial charge >= 0.3 is 0 Å². The van der Waals surface area contributed by atoms with Gasteiger partial charge in [-0.05, 0) is 44.7 Å². The first kappa shape index (κ1) is 11.5. The second-order valence-corrected chi connectivity index (χ2v) is 4.83. The summed E-state index contributed by atoms with van der Waals surface area (Å²) < 4.78 is 0. The first-order chi connectivity index (χ1) is 6.65. The molecule has 2 nitrogen and oxygen atoms in total. The van der Waals surface area contributed by atoms with E-state index in [2.05, 4.69) is 31.7 Å². The number of hydrogen-bond acceptors (Lipinski definition) is 2. The van der Waals surface area contributed by atoms with Gasteiger partial charge in [0.1, 0.15) is 0 Å². The van der Waals surface area contributed by atoms with Gasteiger partial charge in [0.15, 0.2) is 0 Å². The van der Waals surface area contributed by atoms with E-state index in [0.717, 1.165) is 11.8 Å². The van der Waals surface area contributed by atoms with Crippen LogP contribution in [0.5, 0.6) is 0 Å². The molecule has 1 heterocycles. The third kappa shape index (κ3) is 2.99. The normalized spacial score (nSPS) is 22.2. The highest BCUT2D eigenvalue weighted by Gasteiger charge is 2.23. The zero-order valence-corrected chi connectivity index (χ0v) is 9.66. The first-order valence-corrected chi connectivity index (χ1v) is 5.76. The van der Waals surface area contributed by atoms with Crippen LogP contribution in [0, 0.1) is 23.2 Å². The van der Waals surface area contributed by atoms with Crippen LogP contribution in [0.1, 0.15) is 40.0 Å². The summed E-state index contributed by atoms with van der Waals surface area (Å²) >= 11 is 0. The van der Waals surface area contributed by atoms with Gasteiger partial charge in [0.2, 0.25) is 0 Å². The van der Waals surface area contributed by atoms with Gasteiger partial charge in [0.05, 0.1) is 12.5 Å². The maximum absolute atomic E-state index is 8.63. The lowest BCUT2D eigenvalue weighted by atomic mass is 9.86. The highest BCUT2D eigenvalue weighted by Crippen LogP contribution is 2.25. The highest BCUT2D eigenvalue weighted by atomic mass is 15.2. The van der Waals surface area contributed by atoms with Gasteiger partial charge in [-0.15, -0.1) is 0 Å². The average molecular weight is 194 g/mol. The fourth-order valence-corrected chi connectivity index (χ4v) is 2.29. The molecule has 0 aromatic carbocycles. The molecule has 0 aromatic heterocycles. The minimum absolute atomic E-state index is 0.452. The van der Waals surface area contributed by atoms with Crippen molar-refractivity contribution >= 4 is 0 Å². The molecule has 0 amide bonds. The van der Waals surface area contributed by atoms with Crippen LogP contribution in [0.15, 0.2) is 0 Å². The zero-order chi connectivity index (χ0) is 10.6. The molecular formula is C12H22N2. The second-order valence-electron chi connectivity index (χ2n) is 4.83. The Morgan fingerprint density at radius 1 is 1.29 bits per heavy atom. The van der Waals surface area contributed by atoms with Crippen LogP contribution in [0.2, 0.25) is 0 Å². The van der Waals surface area contributed by atoms with Gasteiger partial charge in [0, 0.05) is 6.04 Å². The van der Waals surface area contributed by atoms with Crippen molar-refractivity contribution in [2.45, 2.75) is 46.1 Å². The fourth-order valence-electron chi connectivity index (χ4n) is 2.29. The van der Waals surface area contributed by atoms with Crippen LogP contribution in [0.3, 0.4) is 0 Å². The number of nitrogens with zero attached hydrogens (tertiary/aromatic N) is 2. The van der Waals surface area contributed by atoms with E-state index in [1.807, 2.05) is 0 Å². The van der Waals surface area contributed by atoms with Crippen molar-refractivity contribution in [3.63, 3.8) is 0 Å². The van der Waals surface area contributed by atoms with Crippen LogP contribution in [0.25, 0.3) is 0 Å². The van der Waals surface area contributed by atoms with E-state index in [4.69, 9.17) is 5.26 Å². The van der Waals surface area contributed by atoms with Crippen LogP contribution >= 0.6 is 0 Å². The van der Waals surface area contributed by atoms with Gasteiger partial charge in [0.25, 0.3) is 0 Å². The Balaban J connectivity index is 2.32. The van der Waals surface area contributed by atoms with Gasteiger partial charge in [-0.2, -0.15) is 5.26 Å². The minimum Gasteiger partial charge on any atom is -0.300 e. The molecule has 0 bridgehead atoms. The topological polar surface area (TPSA) is 27.0 Å². The zero-order valence-electron chi connectivity index (χ0n) is 9.66. The smallest absolute Gasteiger partial charge is 0.0638 e. The molecule has 1 saturated heterocycles. The predicted molar refractivity (Wildman–Crippen MR) is 58.8 cm³/mol. The van der Waals surface area contributed by atoms with E-state index in [9.17, 15) is 0 Å². The van der Waals surface area contributed by atoms with Crippen LogP contribution in [-0.2, 0) is 0 Å². The number of hydrogen-bond donors (Lipinski definition) is 0. The van der Waals surface area contributed by atoms with Crippen molar-refractivity contribution in [1.29, 1.82) is 5.26 Å². The molecule has 0 saturated carbocycles. The quantitative estimate of drug-likeness (QED) is 0.690. The van der Waals surface area contributed by atoms with Gasteiger partial charge in [-0.25, -0.2) is 0 Å². The number of piperidine rings is 1. The largest absolute Gasteiger partial charge is 0.300 e. The van der Waals surface area contributed by atoms with E-state index >= 15 is 0 Å². The molecule has 80 valence electrons. The van der Waals surface area contributed by atoms with Crippen molar-refractivity contribution in [2.24, 2.45) is 11.8 Å². The van der Waals surface area contributed by atoms with E-state index in [1.165, 1.54) is 25.9 Å². The Morgan fingerprint density at radius 3 is 2.29 bits per heavy atom. The maximum Gasteiger partial charge on any atom is 0.0638 e. The van der Waals surface area contributed by atoms with Crippen molar-refractivity contribution in [2.75, 3.05) is 13.1 Å². The summed E-state index contributed by atoms with van der Waals surface area (Å²) in [5, 5.41) is 8.63. The summed E-state index contributed by atoms with van der Waals surface area (Å²) in [5.74, 6) is 1.73. The summed E-state index contributed by atoms with van der Waals surface area (Å²) in [7, 11) is 0. The standard InChI is InChI=1S/C12H22N2/c1-10(2)12-5-8-14(9-6-12)11(3)4-7-13/h10-12H,4-6,8-9H2,1-3H3. The van der Waals surface area contributed by atoms with Gasteiger partial charge < -0.3 is 0 Å². The molecule has 0 aliphatic carbocycles. The molecule has 1 atom stereocenters. The van der Waals surface area contributed by atoms with E-state index in [1.54, 1.807) is 0 Å². The SMILES string of the molecule is CC(C)C1CCN(C(C)CC#N)CC1. The van der Waals surface area contributed by atoms with Crippen molar-refractivity contribution in [1.82, 2.24) is 4.90 Å². The number of likely N-dealkylation sites (tertiary alicyclic amines) is 1. The molecule has 1 fully saturated rings. The molecule has 1 aliphatic heterocycles. The molecular weight excluding hydrogens is 172 g/mol. The highest BCUT2D eigenvalue weighted by molar-refractivity contribution is 4.83. The summed E-state index contributed by atoms with van der Waals surface area (Å²) in [6.45, 7) is 9.17. The lowest BCUT2D eigenvalue weighted by Crippen LogP contribution is -2.40. The molecule has 1 aliphatic rings.